The van der Waals surface area contributed by atoms with Crippen LogP contribution in [0.4, 0.5) is 0 Å². The molecular weight excluding hydrogens is 142 g/mol. The largest absolute Gasteiger partial charge is 0.481 e. The summed E-state index contributed by atoms with van der Waals surface area (Å²) in [5.41, 5.74) is 0.139. The quantitative estimate of drug-likeness (QED) is 0.624. The van der Waals surface area contributed by atoms with Crippen LogP contribution in [0.1, 0.15) is 26.7 Å². The van der Waals surface area contributed by atoms with E-state index in [1.807, 2.05) is 0 Å². The van der Waals surface area contributed by atoms with E-state index in [-0.39, 0.29) is 5.54 Å². The topological polar surface area (TPSA) is 49.3 Å². The summed E-state index contributed by atoms with van der Waals surface area (Å²) in [6, 6.07) is 0. The van der Waals surface area contributed by atoms with Crippen LogP contribution in [0.3, 0.4) is 0 Å². The SMILES string of the molecule is CC1(C)CC(CC(=O)O)CN1. The summed E-state index contributed by atoms with van der Waals surface area (Å²) in [4.78, 5) is 10.3. The average molecular weight is 157 g/mol. The lowest BCUT2D eigenvalue weighted by Gasteiger charge is -2.16. The van der Waals surface area contributed by atoms with Crippen LogP contribution in [0, 0.1) is 5.92 Å². The molecule has 1 rings (SSSR count). The fourth-order valence-corrected chi connectivity index (χ4v) is 1.68. The summed E-state index contributed by atoms with van der Waals surface area (Å²) in [5, 5.41) is 11.8. The smallest absolute Gasteiger partial charge is 0.303 e. The standard InChI is InChI=1S/C8H15NO2/c1-8(2)4-6(5-9-8)3-7(10)11/h6,9H,3-5H2,1-2H3,(H,10,11). The van der Waals surface area contributed by atoms with Gasteiger partial charge in [0.15, 0.2) is 0 Å². The zero-order valence-corrected chi connectivity index (χ0v) is 7.05. The predicted octanol–water partition coefficient (Wildman–Crippen LogP) is 0.849. The number of carbonyl (C=O) groups is 1. The normalized spacial score (nSPS) is 28.7. The van der Waals surface area contributed by atoms with Crippen molar-refractivity contribution in [3.05, 3.63) is 0 Å². The van der Waals surface area contributed by atoms with Crippen LogP contribution < -0.4 is 5.32 Å². The van der Waals surface area contributed by atoms with Crippen LogP contribution in [-0.2, 0) is 4.79 Å². The van der Waals surface area contributed by atoms with Crippen molar-refractivity contribution in [3.8, 4) is 0 Å². The lowest BCUT2D eigenvalue weighted by molar-refractivity contribution is -0.137. The highest BCUT2D eigenvalue weighted by atomic mass is 16.4. The van der Waals surface area contributed by atoms with Crippen molar-refractivity contribution in [2.45, 2.75) is 32.2 Å². The maximum Gasteiger partial charge on any atom is 0.303 e. The Morgan fingerprint density at radius 1 is 1.73 bits per heavy atom. The summed E-state index contributed by atoms with van der Waals surface area (Å²) in [6.07, 6.45) is 1.27. The molecule has 0 aromatic rings. The first-order valence-corrected chi connectivity index (χ1v) is 3.96. The van der Waals surface area contributed by atoms with Gasteiger partial charge in [0.05, 0.1) is 0 Å². The number of rotatable bonds is 2. The van der Waals surface area contributed by atoms with E-state index >= 15 is 0 Å². The fourth-order valence-electron chi connectivity index (χ4n) is 1.68. The number of hydrogen-bond acceptors (Lipinski definition) is 2. The number of nitrogens with one attached hydrogen (secondary N) is 1. The molecule has 1 heterocycles. The second-order valence-electron chi connectivity index (χ2n) is 3.93. The van der Waals surface area contributed by atoms with E-state index in [0.717, 1.165) is 13.0 Å². The second-order valence-corrected chi connectivity index (χ2v) is 3.93. The van der Waals surface area contributed by atoms with Gasteiger partial charge in [0.2, 0.25) is 0 Å². The zero-order valence-electron chi connectivity index (χ0n) is 7.05. The second kappa shape index (κ2) is 2.81. The lowest BCUT2D eigenvalue weighted by atomic mass is 9.95. The van der Waals surface area contributed by atoms with E-state index in [2.05, 4.69) is 19.2 Å². The van der Waals surface area contributed by atoms with Crippen molar-refractivity contribution in [2.24, 2.45) is 5.92 Å². The van der Waals surface area contributed by atoms with Gasteiger partial charge in [0.25, 0.3) is 0 Å². The molecule has 0 saturated carbocycles. The molecule has 1 fully saturated rings. The Kier molecular flexibility index (Phi) is 2.18. The molecule has 0 amide bonds. The molecular formula is C8H15NO2. The maximum absolute atomic E-state index is 10.3. The lowest BCUT2D eigenvalue weighted by Crippen LogP contribution is -2.31. The van der Waals surface area contributed by atoms with Gasteiger partial charge in [0, 0.05) is 12.0 Å². The Labute approximate surface area is 66.8 Å². The molecule has 0 spiro atoms. The van der Waals surface area contributed by atoms with E-state index in [9.17, 15) is 4.79 Å². The Morgan fingerprint density at radius 2 is 2.36 bits per heavy atom. The Morgan fingerprint density at radius 3 is 2.73 bits per heavy atom. The molecule has 3 heteroatoms. The first kappa shape index (κ1) is 8.53. The van der Waals surface area contributed by atoms with Gasteiger partial charge in [-0.05, 0) is 32.7 Å². The van der Waals surface area contributed by atoms with Crippen molar-refractivity contribution in [1.82, 2.24) is 5.32 Å². The van der Waals surface area contributed by atoms with Crippen LogP contribution in [0.15, 0.2) is 0 Å². The molecule has 0 aliphatic carbocycles. The monoisotopic (exact) mass is 157 g/mol. The highest BCUT2D eigenvalue weighted by Crippen LogP contribution is 2.25. The van der Waals surface area contributed by atoms with Crippen molar-refractivity contribution in [2.75, 3.05) is 6.54 Å². The summed E-state index contributed by atoms with van der Waals surface area (Å²) >= 11 is 0. The summed E-state index contributed by atoms with van der Waals surface area (Å²) < 4.78 is 0. The molecule has 1 unspecified atom stereocenters. The van der Waals surface area contributed by atoms with E-state index in [1.165, 1.54) is 0 Å². The van der Waals surface area contributed by atoms with Gasteiger partial charge in [-0.15, -0.1) is 0 Å². The number of hydrogen-bond donors (Lipinski definition) is 2. The molecule has 0 aromatic heterocycles. The Hall–Kier alpha value is -0.570. The van der Waals surface area contributed by atoms with Crippen molar-refractivity contribution in [3.63, 3.8) is 0 Å². The molecule has 0 radical (unpaired) electrons. The molecule has 0 bridgehead atoms. The van der Waals surface area contributed by atoms with Gasteiger partial charge in [0.1, 0.15) is 0 Å². The predicted molar refractivity (Wildman–Crippen MR) is 42.4 cm³/mol. The van der Waals surface area contributed by atoms with Crippen LogP contribution in [0.5, 0.6) is 0 Å². The molecule has 1 atom stereocenters. The van der Waals surface area contributed by atoms with Crippen molar-refractivity contribution in [1.29, 1.82) is 0 Å². The van der Waals surface area contributed by atoms with Crippen LogP contribution in [-0.4, -0.2) is 23.2 Å². The van der Waals surface area contributed by atoms with Gasteiger partial charge in [-0.2, -0.15) is 0 Å². The molecule has 64 valence electrons. The summed E-state index contributed by atoms with van der Waals surface area (Å²) in [6.45, 7) is 5.06. The van der Waals surface area contributed by atoms with Crippen molar-refractivity contribution < 1.29 is 9.90 Å². The molecule has 1 saturated heterocycles. The van der Waals surface area contributed by atoms with Crippen molar-refractivity contribution >= 4 is 5.97 Å². The van der Waals surface area contributed by atoms with Crippen LogP contribution in [0.25, 0.3) is 0 Å². The Bertz CT molecular complexity index is 165. The minimum Gasteiger partial charge on any atom is -0.481 e. The van der Waals surface area contributed by atoms with E-state index in [0.29, 0.717) is 12.3 Å². The van der Waals surface area contributed by atoms with Crippen LogP contribution in [0.2, 0.25) is 0 Å². The minimum absolute atomic E-state index is 0.139. The first-order chi connectivity index (χ1) is 4.99. The van der Waals surface area contributed by atoms with Crippen LogP contribution >= 0.6 is 0 Å². The fraction of sp³-hybridized carbons (Fsp3) is 0.875. The highest BCUT2D eigenvalue weighted by Gasteiger charge is 2.31. The molecule has 11 heavy (non-hydrogen) atoms. The Balaban J connectivity index is 2.36. The molecule has 1 aliphatic heterocycles. The third-order valence-corrected chi connectivity index (χ3v) is 2.13. The van der Waals surface area contributed by atoms with E-state index in [4.69, 9.17) is 5.11 Å². The molecule has 2 N–H and O–H groups in total. The summed E-state index contributed by atoms with van der Waals surface area (Å²) in [5.74, 6) is -0.364. The van der Waals surface area contributed by atoms with Gasteiger partial charge >= 0.3 is 5.97 Å². The third kappa shape index (κ3) is 2.50. The molecule has 3 nitrogen and oxygen atoms in total. The maximum atomic E-state index is 10.3. The third-order valence-electron chi connectivity index (χ3n) is 2.13. The zero-order chi connectivity index (χ0) is 8.48. The van der Waals surface area contributed by atoms with Gasteiger partial charge in [-0.25, -0.2) is 0 Å². The first-order valence-electron chi connectivity index (χ1n) is 3.96. The van der Waals surface area contributed by atoms with E-state index in [1.54, 1.807) is 0 Å². The summed E-state index contributed by atoms with van der Waals surface area (Å²) in [7, 11) is 0. The van der Waals surface area contributed by atoms with Gasteiger partial charge in [-0.3, -0.25) is 4.79 Å². The van der Waals surface area contributed by atoms with E-state index < -0.39 is 5.97 Å². The minimum atomic E-state index is -0.686. The van der Waals surface area contributed by atoms with Gasteiger partial charge in [-0.1, -0.05) is 0 Å². The molecule has 0 aromatic carbocycles. The van der Waals surface area contributed by atoms with Gasteiger partial charge < -0.3 is 10.4 Å². The number of carboxylic acids is 1. The highest BCUT2D eigenvalue weighted by molar-refractivity contribution is 5.67. The number of aliphatic carboxylic acids is 1. The average Bonchev–Trinajstić information content (AvgIpc) is 2.08. The molecule has 1 aliphatic rings. The number of carboxylic acid groups (broad SMARTS) is 1.